The number of aryl methyl sites for hydroxylation is 2. The summed E-state index contributed by atoms with van der Waals surface area (Å²) in [6, 6.07) is 10.9. The molecule has 8 heteroatoms. The van der Waals surface area contributed by atoms with Gasteiger partial charge in [0.2, 0.25) is 0 Å². The van der Waals surface area contributed by atoms with Crippen LogP contribution in [-0.4, -0.2) is 41.4 Å². The van der Waals surface area contributed by atoms with Crippen LogP contribution in [0.25, 0.3) is 11.1 Å². The highest BCUT2D eigenvalue weighted by molar-refractivity contribution is 5.88. The van der Waals surface area contributed by atoms with Crippen molar-refractivity contribution in [3.05, 3.63) is 76.6 Å². The van der Waals surface area contributed by atoms with Crippen molar-refractivity contribution < 1.29 is 28.2 Å². The van der Waals surface area contributed by atoms with Crippen LogP contribution in [0.1, 0.15) is 76.1 Å². The summed E-state index contributed by atoms with van der Waals surface area (Å²) in [6.45, 7) is 15.6. The molecule has 6 nitrogen and oxygen atoms in total. The normalized spacial score (nSPS) is 15.9. The predicted molar refractivity (Wildman–Crippen MR) is 161 cm³/mol. The fraction of sp³-hybridized carbons (Fsp3) is 0.471. The van der Waals surface area contributed by atoms with Crippen molar-refractivity contribution in [1.29, 1.82) is 0 Å². The fourth-order valence-electron chi connectivity index (χ4n) is 5.49. The van der Waals surface area contributed by atoms with Gasteiger partial charge in [-0.2, -0.15) is 0 Å². The molecule has 2 heterocycles. The van der Waals surface area contributed by atoms with Crippen LogP contribution in [0.3, 0.4) is 0 Å². The quantitative estimate of drug-likeness (QED) is 0.278. The molecule has 0 radical (unpaired) electrons. The molecule has 2 aromatic carbocycles. The van der Waals surface area contributed by atoms with Gasteiger partial charge in [0.05, 0.1) is 17.9 Å². The van der Waals surface area contributed by atoms with Gasteiger partial charge in [0.25, 0.3) is 0 Å². The maximum atomic E-state index is 14.0. The number of benzene rings is 2. The first-order valence-corrected chi connectivity index (χ1v) is 14.5. The average molecular weight is 581 g/mol. The van der Waals surface area contributed by atoms with Gasteiger partial charge in [0.1, 0.15) is 17.4 Å². The Morgan fingerprint density at radius 1 is 1.05 bits per heavy atom. The standard InChI is InChI=1S/C34H42F2N2O4/c1-21-28(23-8-11-26(12-9-23)41-19-14-24-20-25(35)10-13-27(24)36)30(38-17-15-34(6,7)16-18-38)29(22(2)37-21)31(32(39)40)42-33(3,4)5/h8-13,20,31H,14-19H2,1-7H3,(H,39,40). The van der Waals surface area contributed by atoms with Gasteiger partial charge in [-0.25, -0.2) is 13.6 Å². The van der Waals surface area contributed by atoms with Crippen LogP contribution in [-0.2, 0) is 16.0 Å². The van der Waals surface area contributed by atoms with E-state index in [0.717, 1.165) is 60.6 Å². The van der Waals surface area contributed by atoms with Crippen LogP contribution < -0.4 is 9.64 Å². The molecule has 4 rings (SSSR count). The van der Waals surface area contributed by atoms with Crippen molar-refractivity contribution in [2.75, 3.05) is 24.6 Å². The lowest BCUT2D eigenvalue weighted by Crippen LogP contribution is -2.39. The molecule has 0 amide bonds. The molecule has 42 heavy (non-hydrogen) atoms. The Labute approximate surface area is 247 Å². The van der Waals surface area contributed by atoms with E-state index in [1.165, 1.54) is 6.07 Å². The summed E-state index contributed by atoms with van der Waals surface area (Å²) in [7, 11) is 0. The van der Waals surface area contributed by atoms with E-state index in [1.807, 2.05) is 58.9 Å². The van der Waals surface area contributed by atoms with Crippen molar-refractivity contribution in [3.63, 3.8) is 0 Å². The lowest BCUT2D eigenvalue weighted by Gasteiger charge is -2.41. The maximum Gasteiger partial charge on any atom is 0.337 e. The fourth-order valence-corrected chi connectivity index (χ4v) is 5.49. The van der Waals surface area contributed by atoms with E-state index in [4.69, 9.17) is 14.5 Å². The van der Waals surface area contributed by atoms with Gasteiger partial charge in [0, 0.05) is 42.0 Å². The van der Waals surface area contributed by atoms with E-state index in [2.05, 4.69) is 18.7 Å². The molecule has 0 saturated carbocycles. The molecule has 1 saturated heterocycles. The molecule has 0 spiro atoms. The molecule has 1 atom stereocenters. The van der Waals surface area contributed by atoms with Crippen molar-refractivity contribution in [2.24, 2.45) is 5.41 Å². The maximum absolute atomic E-state index is 14.0. The first kappa shape index (κ1) is 31.4. The van der Waals surface area contributed by atoms with E-state index < -0.39 is 29.3 Å². The summed E-state index contributed by atoms with van der Waals surface area (Å²) in [4.78, 5) is 19.8. The third kappa shape index (κ3) is 7.46. The van der Waals surface area contributed by atoms with Crippen LogP contribution >= 0.6 is 0 Å². The highest BCUT2D eigenvalue weighted by Gasteiger charge is 2.36. The second kappa shape index (κ2) is 12.4. The van der Waals surface area contributed by atoms with Crippen molar-refractivity contribution >= 4 is 11.7 Å². The average Bonchev–Trinajstić information content (AvgIpc) is 2.89. The lowest BCUT2D eigenvalue weighted by atomic mass is 9.82. The number of hydrogen-bond donors (Lipinski definition) is 1. The highest BCUT2D eigenvalue weighted by Crippen LogP contribution is 2.45. The molecular weight excluding hydrogens is 538 g/mol. The minimum absolute atomic E-state index is 0.189. The largest absolute Gasteiger partial charge is 0.493 e. The second-order valence-corrected chi connectivity index (χ2v) is 12.9. The van der Waals surface area contributed by atoms with Gasteiger partial charge in [0.15, 0.2) is 6.10 Å². The molecule has 1 aliphatic rings. The topological polar surface area (TPSA) is 71.9 Å². The van der Waals surface area contributed by atoms with E-state index in [1.54, 1.807) is 0 Å². The lowest BCUT2D eigenvalue weighted by molar-refractivity contribution is -0.160. The number of carboxylic acids is 1. The summed E-state index contributed by atoms with van der Waals surface area (Å²) in [5.41, 5.74) is 4.39. The summed E-state index contributed by atoms with van der Waals surface area (Å²) in [5, 5.41) is 10.4. The smallest absolute Gasteiger partial charge is 0.337 e. The number of carbonyl (C=O) groups is 1. The van der Waals surface area contributed by atoms with Gasteiger partial charge < -0.3 is 19.5 Å². The highest BCUT2D eigenvalue weighted by atomic mass is 19.1. The Morgan fingerprint density at radius 3 is 2.29 bits per heavy atom. The second-order valence-electron chi connectivity index (χ2n) is 12.9. The van der Waals surface area contributed by atoms with Gasteiger partial charge in [-0.1, -0.05) is 26.0 Å². The molecule has 1 N–H and O–H groups in total. The summed E-state index contributed by atoms with van der Waals surface area (Å²) < 4.78 is 39.5. The number of ether oxygens (including phenoxy) is 2. The number of aromatic nitrogens is 1. The molecule has 226 valence electrons. The number of piperidine rings is 1. The van der Waals surface area contributed by atoms with E-state index >= 15 is 0 Å². The first-order valence-electron chi connectivity index (χ1n) is 14.5. The first-order chi connectivity index (χ1) is 19.6. The Balaban J connectivity index is 1.72. The molecule has 0 aliphatic carbocycles. The Kier molecular flexibility index (Phi) is 9.26. The van der Waals surface area contributed by atoms with Crippen molar-refractivity contribution in [3.8, 4) is 16.9 Å². The number of hydrogen-bond acceptors (Lipinski definition) is 5. The zero-order valence-electron chi connectivity index (χ0n) is 25.7. The van der Waals surface area contributed by atoms with Crippen molar-refractivity contribution in [1.82, 2.24) is 4.98 Å². The molecule has 1 aromatic heterocycles. The van der Waals surface area contributed by atoms with E-state index in [-0.39, 0.29) is 24.0 Å². The Morgan fingerprint density at radius 2 is 1.69 bits per heavy atom. The Bertz CT molecular complexity index is 1420. The van der Waals surface area contributed by atoms with Crippen LogP contribution in [0.15, 0.2) is 42.5 Å². The third-order valence-corrected chi connectivity index (χ3v) is 7.76. The van der Waals surface area contributed by atoms with Crippen LogP contribution in [0.5, 0.6) is 5.75 Å². The number of aliphatic carboxylic acids is 1. The minimum atomic E-state index is -1.19. The van der Waals surface area contributed by atoms with Crippen LogP contribution in [0, 0.1) is 30.9 Å². The minimum Gasteiger partial charge on any atom is -0.493 e. The number of carboxylic acid groups (broad SMARTS) is 1. The zero-order chi connectivity index (χ0) is 30.8. The number of nitrogens with zero attached hydrogens (tertiary/aromatic N) is 2. The molecule has 0 bridgehead atoms. The van der Waals surface area contributed by atoms with Gasteiger partial charge in [-0.15, -0.1) is 0 Å². The summed E-state index contributed by atoms with van der Waals surface area (Å²) in [5.74, 6) is -1.41. The van der Waals surface area contributed by atoms with E-state index in [0.29, 0.717) is 17.0 Å². The summed E-state index contributed by atoms with van der Waals surface area (Å²) in [6.07, 6.45) is 0.994. The molecule has 1 aliphatic heterocycles. The zero-order valence-corrected chi connectivity index (χ0v) is 25.7. The monoisotopic (exact) mass is 580 g/mol. The SMILES string of the molecule is Cc1nc(C)c(C(OC(C)(C)C)C(=O)O)c(N2CCC(C)(C)CC2)c1-c1ccc(OCCc2cc(F)ccc2F)cc1. The molecule has 1 fully saturated rings. The number of halogens is 2. The molecule has 3 aromatic rings. The molecule has 1 unspecified atom stereocenters. The summed E-state index contributed by atoms with van der Waals surface area (Å²) >= 11 is 0. The number of rotatable bonds is 9. The van der Waals surface area contributed by atoms with Crippen LogP contribution in [0.4, 0.5) is 14.5 Å². The predicted octanol–water partition coefficient (Wildman–Crippen LogP) is 7.83. The third-order valence-electron chi connectivity index (χ3n) is 7.76. The van der Waals surface area contributed by atoms with Gasteiger partial charge >= 0.3 is 5.97 Å². The molecular formula is C34H42F2N2O4. The van der Waals surface area contributed by atoms with E-state index in [9.17, 15) is 18.7 Å². The van der Waals surface area contributed by atoms with Crippen molar-refractivity contribution in [2.45, 2.75) is 79.4 Å². The van der Waals surface area contributed by atoms with Gasteiger partial charge in [-0.3, -0.25) is 4.98 Å². The Hall–Kier alpha value is -3.52. The number of pyridine rings is 1. The number of anilines is 1. The van der Waals surface area contributed by atoms with Gasteiger partial charge in [-0.05, 0) is 94.3 Å². The van der Waals surface area contributed by atoms with Crippen LogP contribution in [0.2, 0.25) is 0 Å².